The standard InChI is InChI=1S/C20H28N2O2.ClH/c1-13-4-2-3-5-18(13)14-10-16(11-14)22(15-6-7-15)20(23)19-9-8-17(12-21)24-19;/h2-5,14-17,19H,6-12,21H2,1H3;1H/t14?,16?,17-,19+;/m1./s1. The fourth-order valence-corrected chi connectivity index (χ4v) is 4.35. The normalized spacial score (nSPS) is 31.1. The van der Waals surface area contributed by atoms with Crippen molar-refractivity contribution in [3.8, 4) is 0 Å². The largest absolute Gasteiger partial charge is 0.364 e. The molecule has 1 heterocycles. The zero-order valence-corrected chi connectivity index (χ0v) is 15.7. The number of ether oxygens (including phenoxy) is 1. The molecular formula is C20H29ClN2O2. The van der Waals surface area contributed by atoms with Crippen LogP contribution in [0.4, 0.5) is 0 Å². The van der Waals surface area contributed by atoms with E-state index in [-0.39, 0.29) is 30.5 Å². The highest BCUT2D eigenvalue weighted by atomic mass is 35.5. The van der Waals surface area contributed by atoms with Crippen LogP contribution >= 0.6 is 12.4 Å². The number of nitrogens with two attached hydrogens (primary N) is 1. The van der Waals surface area contributed by atoms with Crippen molar-refractivity contribution >= 4 is 18.3 Å². The Hall–Kier alpha value is -1.10. The van der Waals surface area contributed by atoms with Crippen LogP contribution in [-0.4, -0.2) is 41.6 Å². The van der Waals surface area contributed by atoms with E-state index in [9.17, 15) is 4.79 Å². The Kier molecular flexibility index (Phi) is 5.71. The predicted molar refractivity (Wildman–Crippen MR) is 101 cm³/mol. The molecule has 0 unspecified atom stereocenters. The van der Waals surface area contributed by atoms with Crippen LogP contribution in [0.15, 0.2) is 24.3 Å². The van der Waals surface area contributed by atoms with Gasteiger partial charge in [-0.1, -0.05) is 24.3 Å². The van der Waals surface area contributed by atoms with Crippen LogP contribution in [-0.2, 0) is 9.53 Å². The van der Waals surface area contributed by atoms with Crippen molar-refractivity contribution in [2.45, 2.75) is 75.7 Å². The molecule has 2 N–H and O–H groups in total. The third-order valence-electron chi connectivity index (χ3n) is 5.98. The van der Waals surface area contributed by atoms with Gasteiger partial charge in [0, 0.05) is 18.6 Å². The number of carbonyl (C=O) groups is 1. The van der Waals surface area contributed by atoms with Gasteiger partial charge in [0.15, 0.2) is 0 Å². The molecule has 4 nitrogen and oxygen atoms in total. The Morgan fingerprint density at radius 2 is 1.88 bits per heavy atom. The van der Waals surface area contributed by atoms with Gasteiger partial charge in [0.1, 0.15) is 6.10 Å². The minimum Gasteiger partial charge on any atom is -0.364 e. The molecule has 0 aromatic heterocycles. The first-order chi connectivity index (χ1) is 11.7. The Morgan fingerprint density at radius 3 is 2.48 bits per heavy atom. The van der Waals surface area contributed by atoms with Gasteiger partial charge in [-0.25, -0.2) is 0 Å². The summed E-state index contributed by atoms with van der Waals surface area (Å²) in [6.45, 7) is 2.71. The van der Waals surface area contributed by atoms with E-state index in [0.29, 0.717) is 24.5 Å². The van der Waals surface area contributed by atoms with Crippen LogP contribution in [0, 0.1) is 6.92 Å². The summed E-state index contributed by atoms with van der Waals surface area (Å²) in [6.07, 6.45) is 6.08. The van der Waals surface area contributed by atoms with Gasteiger partial charge >= 0.3 is 0 Å². The van der Waals surface area contributed by atoms with Gasteiger partial charge in [-0.2, -0.15) is 0 Å². The van der Waals surface area contributed by atoms with Crippen molar-refractivity contribution < 1.29 is 9.53 Å². The Morgan fingerprint density at radius 1 is 1.16 bits per heavy atom. The van der Waals surface area contributed by atoms with Crippen LogP contribution in [0.2, 0.25) is 0 Å². The zero-order chi connectivity index (χ0) is 16.7. The summed E-state index contributed by atoms with van der Waals surface area (Å²) in [6, 6.07) is 9.51. The van der Waals surface area contributed by atoms with E-state index in [4.69, 9.17) is 10.5 Å². The SMILES string of the molecule is Cc1ccccc1C1CC(N(C(=O)[C@@H]2CC[C@H](CN)O2)C2CC2)C1.Cl. The average Bonchev–Trinajstić information content (AvgIpc) is 3.26. The predicted octanol–water partition coefficient (Wildman–Crippen LogP) is 3.16. The Labute approximate surface area is 156 Å². The first kappa shape index (κ1) is 18.7. The van der Waals surface area contributed by atoms with Gasteiger partial charge in [0.2, 0.25) is 0 Å². The summed E-state index contributed by atoms with van der Waals surface area (Å²) in [4.78, 5) is 15.2. The lowest BCUT2D eigenvalue weighted by Crippen LogP contribution is -2.51. The lowest BCUT2D eigenvalue weighted by atomic mass is 9.73. The number of carbonyl (C=O) groups excluding carboxylic acids is 1. The maximum Gasteiger partial charge on any atom is 0.252 e. The molecule has 0 bridgehead atoms. The Bertz CT molecular complexity index is 613. The number of nitrogens with zero attached hydrogens (tertiary/aromatic N) is 1. The monoisotopic (exact) mass is 364 g/mol. The van der Waals surface area contributed by atoms with Crippen LogP contribution in [0.3, 0.4) is 0 Å². The number of rotatable bonds is 5. The third kappa shape index (κ3) is 3.71. The summed E-state index contributed by atoms with van der Waals surface area (Å²) < 4.78 is 5.86. The smallest absolute Gasteiger partial charge is 0.252 e. The highest BCUT2D eigenvalue weighted by Gasteiger charge is 2.46. The fraction of sp³-hybridized carbons (Fsp3) is 0.650. The summed E-state index contributed by atoms with van der Waals surface area (Å²) in [5.41, 5.74) is 8.51. The molecule has 1 aliphatic heterocycles. The minimum absolute atomic E-state index is 0. The second-order valence-corrected chi connectivity index (χ2v) is 7.72. The van der Waals surface area contributed by atoms with Gasteiger partial charge in [-0.15, -0.1) is 12.4 Å². The van der Waals surface area contributed by atoms with E-state index in [1.165, 1.54) is 11.1 Å². The number of aryl methyl sites for hydroxylation is 1. The van der Waals surface area contributed by atoms with Crippen LogP contribution in [0.5, 0.6) is 0 Å². The number of hydrogen-bond donors (Lipinski definition) is 1. The quantitative estimate of drug-likeness (QED) is 0.873. The summed E-state index contributed by atoms with van der Waals surface area (Å²) in [5, 5.41) is 0. The van der Waals surface area contributed by atoms with Gasteiger partial charge in [0.05, 0.1) is 6.10 Å². The summed E-state index contributed by atoms with van der Waals surface area (Å²) >= 11 is 0. The molecule has 1 aromatic carbocycles. The molecule has 25 heavy (non-hydrogen) atoms. The lowest BCUT2D eigenvalue weighted by Gasteiger charge is -2.44. The van der Waals surface area contributed by atoms with Gasteiger partial charge < -0.3 is 15.4 Å². The second-order valence-electron chi connectivity index (χ2n) is 7.72. The number of halogens is 1. The maximum atomic E-state index is 13.0. The van der Waals surface area contributed by atoms with Crippen LogP contribution in [0.1, 0.15) is 55.6 Å². The van der Waals surface area contributed by atoms with Gasteiger partial charge in [-0.3, -0.25) is 4.79 Å². The third-order valence-corrected chi connectivity index (χ3v) is 5.98. The molecular weight excluding hydrogens is 336 g/mol. The maximum absolute atomic E-state index is 13.0. The highest BCUT2D eigenvalue weighted by Crippen LogP contribution is 2.45. The minimum atomic E-state index is -0.253. The van der Waals surface area contributed by atoms with Gasteiger partial charge in [-0.05, 0) is 62.5 Å². The van der Waals surface area contributed by atoms with E-state index in [1.54, 1.807) is 0 Å². The number of hydrogen-bond acceptors (Lipinski definition) is 3. The van der Waals surface area contributed by atoms with Gasteiger partial charge in [0.25, 0.3) is 5.91 Å². The van der Waals surface area contributed by atoms with Crippen LogP contribution < -0.4 is 5.73 Å². The molecule has 1 saturated heterocycles. The molecule has 5 heteroatoms. The van der Waals surface area contributed by atoms with E-state index < -0.39 is 0 Å². The molecule has 4 rings (SSSR count). The molecule has 138 valence electrons. The van der Waals surface area contributed by atoms with E-state index in [2.05, 4.69) is 36.1 Å². The fourth-order valence-electron chi connectivity index (χ4n) is 4.35. The first-order valence-electron chi connectivity index (χ1n) is 9.40. The van der Waals surface area contributed by atoms with Crippen molar-refractivity contribution in [1.29, 1.82) is 0 Å². The van der Waals surface area contributed by atoms with Crippen LogP contribution in [0.25, 0.3) is 0 Å². The van der Waals surface area contributed by atoms with E-state index in [1.807, 2.05) is 0 Å². The lowest BCUT2D eigenvalue weighted by molar-refractivity contribution is -0.148. The molecule has 3 fully saturated rings. The van der Waals surface area contributed by atoms with Crippen molar-refractivity contribution in [2.75, 3.05) is 6.54 Å². The average molecular weight is 365 g/mol. The van der Waals surface area contributed by atoms with Crippen molar-refractivity contribution in [1.82, 2.24) is 4.90 Å². The van der Waals surface area contributed by atoms with E-state index >= 15 is 0 Å². The molecule has 2 saturated carbocycles. The number of amides is 1. The molecule has 3 aliphatic rings. The van der Waals surface area contributed by atoms with Crippen molar-refractivity contribution in [3.63, 3.8) is 0 Å². The number of benzene rings is 1. The first-order valence-corrected chi connectivity index (χ1v) is 9.40. The topological polar surface area (TPSA) is 55.6 Å². The summed E-state index contributed by atoms with van der Waals surface area (Å²) in [7, 11) is 0. The molecule has 0 radical (unpaired) electrons. The van der Waals surface area contributed by atoms with Crippen molar-refractivity contribution in [3.05, 3.63) is 35.4 Å². The molecule has 2 atom stereocenters. The molecule has 1 amide bonds. The highest BCUT2D eigenvalue weighted by molar-refractivity contribution is 5.85. The molecule has 1 aromatic rings. The zero-order valence-electron chi connectivity index (χ0n) is 14.9. The van der Waals surface area contributed by atoms with E-state index in [0.717, 1.165) is 38.5 Å². The Balaban J connectivity index is 0.00000182. The second kappa shape index (κ2) is 7.65. The summed E-state index contributed by atoms with van der Waals surface area (Å²) in [5.74, 6) is 0.827. The molecule has 2 aliphatic carbocycles. The van der Waals surface area contributed by atoms with Crippen molar-refractivity contribution in [2.24, 2.45) is 5.73 Å². The molecule has 0 spiro atoms.